The zero-order chi connectivity index (χ0) is 27.2. The lowest BCUT2D eigenvalue weighted by atomic mass is 9.96. The molecule has 2 fully saturated rings. The van der Waals surface area contributed by atoms with Gasteiger partial charge in [-0.3, -0.25) is 0 Å². The minimum absolute atomic E-state index is 0.0804. The lowest BCUT2D eigenvalue weighted by molar-refractivity contribution is 0.125. The molecule has 1 aliphatic heterocycles. The first kappa shape index (κ1) is 28.2. The molecule has 2 heterocycles. The van der Waals surface area contributed by atoms with Crippen molar-refractivity contribution in [3.05, 3.63) is 45.1 Å². The average molecular weight is 577 g/mol. The number of fused-ring (bicyclic) bond motifs is 1. The molecule has 2 saturated carbocycles. The average Bonchev–Trinajstić information content (AvgIpc) is 3.26. The van der Waals surface area contributed by atoms with Gasteiger partial charge in [0.25, 0.3) is 0 Å². The Morgan fingerprint density at radius 3 is 1.95 bits per heavy atom. The van der Waals surface area contributed by atoms with Crippen LogP contribution >= 0.6 is 23.2 Å². The Kier molecular flexibility index (Phi) is 9.62. The van der Waals surface area contributed by atoms with E-state index in [1.165, 1.54) is 12.8 Å². The third-order valence-electron chi connectivity index (χ3n) is 8.38. The summed E-state index contributed by atoms with van der Waals surface area (Å²) in [6.45, 7) is 1.04. The van der Waals surface area contributed by atoms with E-state index in [4.69, 9.17) is 32.7 Å². The third kappa shape index (κ3) is 7.04. The maximum Gasteiger partial charge on any atom is 0.407 e. The number of carbonyl (C=O) groups is 2. The third-order valence-corrected chi connectivity index (χ3v) is 9.12. The predicted molar refractivity (Wildman–Crippen MR) is 153 cm³/mol. The van der Waals surface area contributed by atoms with Gasteiger partial charge >= 0.3 is 12.2 Å². The van der Waals surface area contributed by atoms with E-state index in [1.54, 1.807) is 6.07 Å². The van der Waals surface area contributed by atoms with Gasteiger partial charge in [-0.2, -0.15) is 0 Å². The second kappa shape index (κ2) is 13.3. The zero-order valence-corrected chi connectivity index (χ0v) is 24.0. The quantitative estimate of drug-likeness (QED) is 0.351. The summed E-state index contributed by atoms with van der Waals surface area (Å²) >= 11 is 12.7. The molecule has 9 heteroatoms. The summed E-state index contributed by atoms with van der Waals surface area (Å²) in [5, 5.41) is 7.03. The van der Waals surface area contributed by atoms with Crippen molar-refractivity contribution in [1.82, 2.24) is 15.2 Å². The summed E-state index contributed by atoms with van der Waals surface area (Å²) in [6.07, 6.45) is 13.1. The van der Waals surface area contributed by atoms with E-state index in [1.807, 2.05) is 12.1 Å². The number of hydrogen-bond acceptors (Lipinski definition) is 4. The smallest absolute Gasteiger partial charge is 0.407 e. The number of amides is 2. The van der Waals surface area contributed by atoms with Crippen molar-refractivity contribution >= 4 is 35.4 Å². The number of carbonyl (C=O) groups excluding carboxylic acids is 2. The van der Waals surface area contributed by atoms with Crippen LogP contribution in [-0.2, 0) is 35.7 Å². The number of nitrogens with zero attached hydrogens (tertiary/aromatic N) is 1. The molecule has 2 aliphatic carbocycles. The lowest BCUT2D eigenvalue weighted by Gasteiger charge is -2.23. The van der Waals surface area contributed by atoms with Crippen LogP contribution in [0.25, 0.3) is 11.3 Å². The summed E-state index contributed by atoms with van der Waals surface area (Å²) in [5.41, 5.74) is 4.74. The molecular weight excluding hydrogens is 537 g/mol. The van der Waals surface area contributed by atoms with Gasteiger partial charge in [0.1, 0.15) is 13.2 Å². The van der Waals surface area contributed by atoms with Crippen LogP contribution in [0.5, 0.6) is 0 Å². The number of ether oxygens (including phenoxy) is 2. The summed E-state index contributed by atoms with van der Waals surface area (Å²) in [6, 6.07) is 5.92. The number of nitrogens with one attached hydrogen (secondary N) is 2. The molecule has 39 heavy (non-hydrogen) atoms. The molecule has 5 rings (SSSR count). The SMILES string of the molecule is O=C(NC1CCCCC1)OCc1c(COC(=O)NC2CCCCC2)c(-c2ccc(Cl)c(Cl)c2)n2c1CCCC2. The molecule has 212 valence electrons. The highest BCUT2D eigenvalue weighted by atomic mass is 35.5. The Labute approximate surface area is 240 Å². The molecule has 1 aromatic carbocycles. The first-order valence-electron chi connectivity index (χ1n) is 14.5. The molecule has 2 aromatic rings. The maximum absolute atomic E-state index is 12.8. The van der Waals surface area contributed by atoms with Crippen LogP contribution in [0.3, 0.4) is 0 Å². The van der Waals surface area contributed by atoms with Gasteiger partial charge in [0, 0.05) is 41.0 Å². The van der Waals surface area contributed by atoms with Crippen molar-refractivity contribution in [3.63, 3.8) is 0 Å². The summed E-state index contributed by atoms with van der Waals surface area (Å²) in [5.74, 6) is 0. The van der Waals surface area contributed by atoms with Gasteiger partial charge in [-0.25, -0.2) is 9.59 Å². The van der Waals surface area contributed by atoms with Crippen LogP contribution < -0.4 is 10.6 Å². The lowest BCUT2D eigenvalue weighted by Crippen LogP contribution is -2.36. The fourth-order valence-electron chi connectivity index (χ4n) is 6.36. The van der Waals surface area contributed by atoms with Gasteiger partial charge in [0.15, 0.2) is 0 Å². The monoisotopic (exact) mass is 575 g/mol. The highest BCUT2D eigenvalue weighted by Gasteiger charge is 2.28. The zero-order valence-electron chi connectivity index (χ0n) is 22.5. The fourth-order valence-corrected chi connectivity index (χ4v) is 6.66. The van der Waals surface area contributed by atoms with E-state index in [9.17, 15) is 9.59 Å². The molecule has 3 aliphatic rings. The molecule has 1 aromatic heterocycles. The number of alkyl carbamates (subject to hydrolysis) is 2. The number of benzene rings is 1. The van der Waals surface area contributed by atoms with Crippen molar-refractivity contribution in [3.8, 4) is 11.3 Å². The molecule has 0 atom stereocenters. The van der Waals surface area contributed by atoms with Gasteiger partial charge in [-0.05, 0) is 57.1 Å². The van der Waals surface area contributed by atoms with Crippen LogP contribution in [0, 0.1) is 0 Å². The Hall–Kier alpha value is -2.38. The summed E-state index contributed by atoms with van der Waals surface area (Å²) in [7, 11) is 0. The van der Waals surface area contributed by atoms with E-state index in [0.717, 1.165) is 105 Å². The minimum atomic E-state index is -0.409. The van der Waals surface area contributed by atoms with E-state index in [-0.39, 0.29) is 25.3 Å². The van der Waals surface area contributed by atoms with Gasteiger partial charge in [-0.15, -0.1) is 0 Å². The van der Waals surface area contributed by atoms with Crippen LogP contribution in [-0.4, -0.2) is 28.8 Å². The topological polar surface area (TPSA) is 81.6 Å². The summed E-state index contributed by atoms with van der Waals surface area (Å²) in [4.78, 5) is 25.5. The van der Waals surface area contributed by atoms with E-state index in [0.29, 0.717) is 10.0 Å². The Morgan fingerprint density at radius 2 is 1.36 bits per heavy atom. The number of halogens is 2. The second-order valence-corrected chi connectivity index (χ2v) is 11.9. The molecule has 0 bridgehead atoms. The molecule has 0 saturated heterocycles. The Morgan fingerprint density at radius 1 is 0.769 bits per heavy atom. The van der Waals surface area contributed by atoms with Gasteiger partial charge in [0.2, 0.25) is 0 Å². The van der Waals surface area contributed by atoms with Crippen molar-refractivity contribution in [2.24, 2.45) is 0 Å². The maximum atomic E-state index is 12.8. The highest BCUT2D eigenvalue weighted by Crippen LogP contribution is 2.38. The Balaban J connectivity index is 1.40. The standard InChI is InChI=1S/C30H39Cl2N3O4/c31-25-15-14-20(17-26(25)32)28-24(19-39-30(37)34-22-11-5-2-6-12-22)23(27-13-7-8-16-35(27)28)18-38-29(36)33-21-9-3-1-4-10-21/h14-15,17,21-22H,1-13,16,18-19H2,(H,33,36)(H,34,37). The fraction of sp³-hybridized carbons (Fsp3) is 0.600. The van der Waals surface area contributed by atoms with E-state index in [2.05, 4.69) is 15.2 Å². The van der Waals surface area contributed by atoms with Crippen molar-refractivity contribution < 1.29 is 19.1 Å². The van der Waals surface area contributed by atoms with Crippen LogP contribution in [0.1, 0.15) is 93.9 Å². The first-order valence-corrected chi connectivity index (χ1v) is 15.3. The molecule has 0 radical (unpaired) electrons. The molecule has 2 N–H and O–H groups in total. The van der Waals surface area contributed by atoms with Crippen molar-refractivity contribution in [2.75, 3.05) is 0 Å². The number of hydrogen-bond donors (Lipinski definition) is 2. The van der Waals surface area contributed by atoms with Crippen molar-refractivity contribution in [1.29, 1.82) is 0 Å². The molecule has 0 unspecified atom stereocenters. The molecular formula is C30H39Cl2N3O4. The van der Waals surface area contributed by atoms with E-state index >= 15 is 0 Å². The predicted octanol–water partition coefficient (Wildman–Crippen LogP) is 7.92. The summed E-state index contributed by atoms with van der Waals surface area (Å²) < 4.78 is 13.9. The van der Waals surface area contributed by atoms with Crippen molar-refractivity contribution in [2.45, 2.75) is 115 Å². The Bertz CT molecular complexity index is 1170. The number of rotatable bonds is 7. The van der Waals surface area contributed by atoms with Crippen LogP contribution in [0.15, 0.2) is 18.2 Å². The first-order chi connectivity index (χ1) is 19.0. The number of aromatic nitrogens is 1. The van der Waals surface area contributed by atoms with Gasteiger partial charge < -0.3 is 24.7 Å². The van der Waals surface area contributed by atoms with Crippen LogP contribution in [0.2, 0.25) is 10.0 Å². The molecule has 7 nitrogen and oxygen atoms in total. The highest BCUT2D eigenvalue weighted by molar-refractivity contribution is 6.42. The molecule has 2 amide bonds. The van der Waals surface area contributed by atoms with Gasteiger partial charge in [-0.1, -0.05) is 67.8 Å². The molecule has 0 spiro atoms. The minimum Gasteiger partial charge on any atom is -0.445 e. The van der Waals surface area contributed by atoms with Crippen LogP contribution in [0.4, 0.5) is 9.59 Å². The van der Waals surface area contributed by atoms with E-state index < -0.39 is 12.2 Å². The second-order valence-electron chi connectivity index (χ2n) is 11.1. The normalized spacial score (nSPS) is 18.3. The largest absolute Gasteiger partial charge is 0.445 e. The van der Waals surface area contributed by atoms with Gasteiger partial charge in [0.05, 0.1) is 15.7 Å².